The smallest absolute Gasteiger partial charge is 0.126 e. The second kappa shape index (κ2) is 3.57. The molecule has 0 aliphatic rings. The lowest BCUT2D eigenvalue weighted by Crippen LogP contribution is -1.99. The van der Waals surface area contributed by atoms with Gasteiger partial charge in [-0.3, -0.25) is 0 Å². The summed E-state index contributed by atoms with van der Waals surface area (Å²) in [6.45, 7) is 5.40. The molecule has 0 bridgehead atoms. The molecule has 0 spiro atoms. The molecule has 1 rings (SSSR count). The van der Waals surface area contributed by atoms with Gasteiger partial charge in [-0.2, -0.15) is 5.26 Å². The van der Waals surface area contributed by atoms with Crippen molar-refractivity contribution in [3.05, 3.63) is 34.6 Å². The zero-order valence-electron chi connectivity index (χ0n) is 8.06. The lowest BCUT2D eigenvalue weighted by molar-refractivity contribution is 0.613. The van der Waals surface area contributed by atoms with Gasteiger partial charge in [-0.1, -0.05) is 6.07 Å². The molecule has 0 radical (unpaired) electrons. The molecular formula is C11H12FN. The molecule has 1 atom stereocenters. The van der Waals surface area contributed by atoms with Crippen LogP contribution in [-0.2, 0) is 0 Å². The van der Waals surface area contributed by atoms with Crippen molar-refractivity contribution in [2.24, 2.45) is 0 Å². The van der Waals surface area contributed by atoms with Crippen LogP contribution in [0.2, 0.25) is 0 Å². The number of aryl methyl sites for hydroxylation is 1. The van der Waals surface area contributed by atoms with Crippen molar-refractivity contribution >= 4 is 0 Å². The summed E-state index contributed by atoms with van der Waals surface area (Å²) in [6, 6.07) is 5.28. The number of rotatable bonds is 1. The standard InChI is InChI=1S/C11H12FN/c1-7-4-5-10(12)9(3)11(7)8(2)6-13/h4-5,8H,1-3H3. The van der Waals surface area contributed by atoms with Gasteiger partial charge in [-0.15, -0.1) is 0 Å². The summed E-state index contributed by atoms with van der Waals surface area (Å²) in [5, 5.41) is 8.76. The molecule has 0 aromatic heterocycles. The molecule has 0 amide bonds. The third-order valence-electron chi connectivity index (χ3n) is 2.29. The second-order valence-corrected chi connectivity index (χ2v) is 3.25. The zero-order chi connectivity index (χ0) is 10.0. The van der Waals surface area contributed by atoms with Gasteiger partial charge in [-0.05, 0) is 43.5 Å². The van der Waals surface area contributed by atoms with E-state index in [-0.39, 0.29) is 11.7 Å². The van der Waals surface area contributed by atoms with Gasteiger partial charge in [0.15, 0.2) is 0 Å². The van der Waals surface area contributed by atoms with Crippen molar-refractivity contribution in [3.63, 3.8) is 0 Å². The van der Waals surface area contributed by atoms with Gasteiger partial charge in [0.05, 0.1) is 12.0 Å². The van der Waals surface area contributed by atoms with Crippen LogP contribution in [0.4, 0.5) is 4.39 Å². The predicted molar refractivity (Wildman–Crippen MR) is 49.9 cm³/mol. The Morgan fingerprint density at radius 3 is 2.54 bits per heavy atom. The van der Waals surface area contributed by atoms with E-state index in [0.717, 1.165) is 11.1 Å². The molecule has 1 unspecified atom stereocenters. The summed E-state index contributed by atoms with van der Waals surface area (Å²) >= 11 is 0. The van der Waals surface area contributed by atoms with Crippen molar-refractivity contribution in [2.75, 3.05) is 0 Å². The van der Waals surface area contributed by atoms with E-state index in [2.05, 4.69) is 6.07 Å². The first kappa shape index (κ1) is 9.73. The summed E-state index contributed by atoms with van der Waals surface area (Å²) in [5.41, 5.74) is 2.39. The fourth-order valence-corrected chi connectivity index (χ4v) is 1.57. The maximum atomic E-state index is 13.1. The quantitative estimate of drug-likeness (QED) is 0.646. The summed E-state index contributed by atoms with van der Waals surface area (Å²) in [4.78, 5) is 0. The third-order valence-corrected chi connectivity index (χ3v) is 2.29. The second-order valence-electron chi connectivity index (χ2n) is 3.25. The van der Waals surface area contributed by atoms with E-state index in [4.69, 9.17) is 5.26 Å². The van der Waals surface area contributed by atoms with Crippen LogP contribution in [0.5, 0.6) is 0 Å². The van der Waals surface area contributed by atoms with Crippen molar-refractivity contribution in [1.82, 2.24) is 0 Å². The van der Waals surface area contributed by atoms with Crippen LogP contribution in [0.15, 0.2) is 12.1 Å². The molecule has 0 saturated heterocycles. The van der Waals surface area contributed by atoms with Crippen LogP contribution in [-0.4, -0.2) is 0 Å². The topological polar surface area (TPSA) is 23.8 Å². The number of halogens is 1. The molecule has 0 saturated carbocycles. The number of benzene rings is 1. The highest BCUT2D eigenvalue weighted by Crippen LogP contribution is 2.24. The summed E-state index contributed by atoms with van der Waals surface area (Å²) in [7, 11) is 0. The van der Waals surface area contributed by atoms with Crippen LogP contribution >= 0.6 is 0 Å². The molecule has 1 aromatic rings. The van der Waals surface area contributed by atoms with Crippen LogP contribution < -0.4 is 0 Å². The minimum Gasteiger partial charge on any atom is -0.207 e. The molecular weight excluding hydrogens is 165 g/mol. The highest BCUT2D eigenvalue weighted by Gasteiger charge is 2.12. The van der Waals surface area contributed by atoms with Gasteiger partial charge in [0, 0.05) is 0 Å². The van der Waals surface area contributed by atoms with Crippen LogP contribution in [0.3, 0.4) is 0 Å². The average Bonchev–Trinajstić information content (AvgIpc) is 2.12. The lowest BCUT2D eigenvalue weighted by Gasteiger charge is -2.11. The van der Waals surface area contributed by atoms with E-state index in [1.54, 1.807) is 19.9 Å². The van der Waals surface area contributed by atoms with E-state index in [1.807, 2.05) is 6.92 Å². The Morgan fingerprint density at radius 2 is 2.00 bits per heavy atom. The Hall–Kier alpha value is -1.36. The molecule has 1 aromatic carbocycles. The van der Waals surface area contributed by atoms with E-state index in [1.165, 1.54) is 6.07 Å². The van der Waals surface area contributed by atoms with E-state index in [0.29, 0.717) is 5.56 Å². The van der Waals surface area contributed by atoms with Gasteiger partial charge >= 0.3 is 0 Å². The van der Waals surface area contributed by atoms with E-state index < -0.39 is 0 Å². The Labute approximate surface area is 77.8 Å². The Kier molecular flexibility index (Phi) is 2.67. The molecule has 2 heteroatoms. The fraction of sp³-hybridized carbons (Fsp3) is 0.364. The van der Waals surface area contributed by atoms with Crippen molar-refractivity contribution in [3.8, 4) is 6.07 Å². The van der Waals surface area contributed by atoms with E-state index >= 15 is 0 Å². The maximum Gasteiger partial charge on any atom is 0.126 e. The fourth-order valence-electron chi connectivity index (χ4n) is 1.57. The molecule has 0 aliphatic heterocycles. The van der Waals surface area contributed by atoms with Crippen molar-refractivity contribution in [1.29, 1.82) is 5.26 Å². The highest BCUT2D eigenvalue weighted by atomic mass is 19.1. The van der Waals surface area contributed by atoms with Gasteiger partial charge in [0.25, 0.3) is 0 Å². The summed E-state index contributed by atoms with van der Waals surface area (Å²) in [5.74, 6) is -0.474. The minimum absolute atomic E-state index is 0.234. The normalized spacial score (nSPS) is 12.2. The predicted octanol–water partition coefficient (Wildman–Crippen LogP) is 3.07. The Bertz CT molecular complexity index is 363. The maximum absolute atomic E-state index is 13.1. The molecule has 0 heterocycles. The number of nitrogens with zero attached hydrogens (tertiary/aromatic N) is 1. The number of hydrogen-bond acceptors (Lipinski definition) is 1. The summed E-state index contributed by atoms with van der Waals surface area (Å²) < 4.78 is 13.1. The van der Waals surface area contributed by atoms with Crippen LogP contribution in [0.1, 0.15) is 29.5 Å². The molecule has 0 N–H and O–H groups in total. The zero-order valence-corrected chi connectivity index (χ0v) is 8.06. The van der Waals surface area contributed by atoms with Crippen LogP contribution in [0.25, 0.3) is 0 Å². The Morgan fingerprint density at radius 1 is 1.38 bits per heavy atom. The molecule has 0 aliphatic carbocycles. The van der Waals surface area contributed by atoms with E-state index in [9.17, 15) is 4.39 Å². The number of hydrogen-bond donors (Lipinski definition) is 0. The van der Waals surface area contributed by atoms with Crippen molar-refractivity contribution in [2.45, 2.75) is 26.7 Å². The monoisotopic (exact) mass is 177 g/mol. The lowest BCUT2D eigenvalue weighted by atomic mass is 9.93. The number of nitriles is 1. The van der Waals surface area contributed by atoms with Gasteiger partial charge in [0.1, 0.15) is 5.82 Å². The van der Waals surface area contributed by atoms with Gasteiger partial charge in [-0.25, -0.2) is 4.39 Å². The van der Waals surface area contributed by atoms with Gasteiger partial charge in [0.2, 0.25) is 0 Å². The van der Waals surface area contributed by atoms with Crippen LogP contribution in [0, 0.1) is 31.0 Å². The first-order valence-corrected chi connectivity index (χ1v) is 4.23. The van der Waals surface area contributed by atoms with Gasteiger partial charge < -0.3 is 0 Å². The molecule has 68 valence electrons. The minimum atomic E-state index is -0.240. The SMILES string of the molecule is Cc1ccc(F)c(C)c1C(C)C#N. The highest BCUT2D eigenvalue weighted by molar-refractivity contribution is 5.39. The molecule has 0 fully saturated rings. The first-order valence-electron chi connectivity index (χ1n) is 4.23. The first-order chi connectivity index (χ1) is 6.07. The Balaban J connectivity index is 3.35. The third kappa shape index (κ3) is 1.70. The van der Waals surface area contributed by atoms with Crippen molar-refractivity contribution < 1.29 is 4.39 Å². The summed E-state index contributed by atoms with van der Waals surface area (Å²) in [6.07, 6.45) is 0. The molecule has 13 heavy (non-hydrogen) atoms. The average molecular weight is 177 g/mol. The molecule has 1 nitrogen and oxygen atoms in total. The largest absolute Gasteiger partial charge is 0.207 e.